The topological polar surface area (TPSA) is 72.2 Å². The van der Waals surface area contributed by atoms with E-state index in [0.717, 1.165) is 12.8 Å². The summed E-state index contributed by atoms with van der Waals surface area (Å²) in [4.78, 5) is 23.1. The van der Waals surface area contributed by atoms with Crippen LogP contribution in [0.25, 0.3) is 0 Å². The van der Waals surface area contributed by atoms with E-state index in [1.807, 2.05) is 13.8 Å². The van der Waals surface area contributed by atoms with E-state index in [2.05, 4.69) is 5.32 Å². The first kappa shape index (κ1) is 13.2. The Balaban J connectivity index is 2.88. The number of carbonyl (C=O) groups excluding carboxylic acids is 2. The van der Waals surface area contributed by atoms with Gasteiger partial charge in [0.2, 0.25) is 5.91 Å². The van der Waals surface area contributed by atoms with Crippen LogP contribution in [-0.4, -0.2) is 11.8 Å². The van der Waals surface area contributed by atoms with Crippen LogP contribution in [0, 0.1) is 5.92 Å². The molecule has 0 saturated carbocycles. The Morgan fingerprint density at radius 3 is 2.35 bits per heavy atom. The third-order valence-electron chi connectivity index (χ3n) is 2.81. The van der Waals surface area contributed by atoms with Crippen molar-refractivity contribution in [2.45, 2.75) is 26.7 Å². The number of anilines is 1. The molecule has 0 bridgehead atoms. The van der Waals surface area contributed by atoms with Gasteiger partial charge in [0, 0.05) is 5.92 Å². The molecule has 0 saturated heterocycles. The SMILES string of the molecule is CCC(CC)C(=O)Nc1ccccc1C(N)=O. The van der Waals surface area contributed by atoms with E-state index in [0.29, 0.717) is 11.3 Å². The lowest BCUT2D eigenvalue weighted by Gasteiger charge is -2.14. The first-order valence-corrected chi connectivity index (χ1v) is 5.79. The Morgan fingerprint density at radius 2 is 1.82 bits per heavy atom. The Morgan fingerprint density at radius 1 is 1.24 bits per heavy atom. The van der Waals surface area contributed by atoms with Crippen molar-refractivity contribution in [2.24, 2.45) is 11.7 Å². The van der Waals surface area contributed by atoms with E-state index >= 15 is 0 Å². The predicted octanol–water partition coefficient (Wildman–Crippen LogP) is 2.16. The molecule has 17 heavy (non-hydrogen) atoms. The highest BCUT2D eigenvalue weighted by molar-refractivity contribution is 6.03. The molecular formula is C13H18N2O2. The third-order valence-corrected chi connectivity index (χ3v) is 2.81. The third kappa shape index (κ3) is 3.31. The monoisotopic (exact) mass is 234 g/mol. The number of benzene rings is 1. The molecule has 0 spiro atoms. The van der Waals surface area contributed by atoms with Crippen LogP contribution in [0.5, 0.6) is 0 Å². The van der Waals surface area contributed by atoms with Gasteiger partial charge in [-0.05, 0) is 25.0 Å². The Labute approximate surface area is 101 Å². The highest BCUT2D eigenvalue weighted by Gasteiger charge is 2.16. The highest BCUT2D eigenvalue weighted by atomic mass is 16.2. The summed E-state index contributed by atoms with van der Waals surface area (Å²) in [6, 6.07) is 6.76. The van der Waals surface area contributed by atoms with Crippen molar-refractivity contribution in [2.75, 3.05) is 5.32 Å². The fourth-order valence-corrected chi connectivity index (χ4v) is 1.70. The Hall–Kier alpha value is -1.84. The minimum Gasteiger partial charge on any atom is -0.366 e. The maximum atomic E-state index is 11.9. The van der Waals surface area contributed by atoms with Gasteiger partial charge in [-0.15, -0.1) is 0 Å². The van der Waals surface area contributed by atoms with Gasteiger partial charge >= 0.3 is 0 Å². The molecule has 0 fully saturated rings. The molecule has 4 nitrogen and oxygen atoms in total. The van der Waals surface area contributed by atoms with Crippen molar-refractivity contribution < 1.29 is 9.59 Å². The van der Waals surface area contributed by atoms with Gasteiger partial charge in [-0.3, -0.25) is 9.59 Å². The number of primary amides is 1. The van der Waals surface area contributed by atoms with Crippen molar-refractivity contribution in [3.05, 3.63) is 29.8 Å². The number of nitrogens with two attached hydrogens (primary N) is 1. The lowest BCUT2D eigenvalue weighted by Crippen LogP contribution is -2.24. The van der Waals surface area contributed by atoms with Gasteiger partial charge in [-0.25, -0.2) is 0 Å². The molecule has 0 aliphatic heterocycles. The summed E-state index contributed by atoms with van der Waals surface area (Å²) in [6.07, 6.45) is 1.56. The zero-order valence-corrected chi connectivity index (χ0v) is 10.2. The second kappa shape index (κ2) is 6.03. The van der Waals surface area contributed by atoms with Crippen LogP contribution in [0.4, 0.5) is 5.69 Å². The number of nitrogens with one attached hydrogen (secondary N) is 1. The normalized spacial score (nSPS) is 10.3. The van der Waals surface area contributed by atoms with Crippen molar-refractivity contribution in [1.82, 2.24) is 0 Å². The van der Waals surface area contributed by atoms with Crippen LogP contribution in [-0.2, 0) is 4.79 Å². The molecule has 0 aliphatic carbocycles. The van der Waals surface area contributed by atoms with E-state index < -0.39 is 5.91 Å². The molecule has 92 valence electrons. The average Bonchev–Trinajstić information content (AvgIpc) is 2.31. The molecule has 1 aromatic rings. The predicted molar refractivity (Wildman–Crippen MR) is 67.7 cm³/mol. The minimum absolute atomic E-state index is 0.0315. The summed E-state index contributed by atoms with van der Waals surface area (Å²) < 4.78 is 0. The highest BCUT2D eigenvalue weighted by Crippen LogP contribution is 2.17. The van der Waals surface area contributed by atoms with E-state index in [4.69, 9.17) is 5.73 Å². The summed E-state index contributed by atoms with van der Waals surface area (Å²) in [6.45, 7) is 3.93. The van der Waals surface area contributed by atoms with Crippen molar-refractivity contribution in [1.29, 1.82) is 0 Å². The standard InChI is InChI=1S/C13H18N2O2/c1-3-9(4-2)13(17)15-11-8-6-5-7-10(11)12(14)16/h5-9H,3-4H2,1-2H3,(H2,14,16)(H,15,17). The van der Waals surface area contributed by atoms with Crippen LogP contribution in [0.2, 0.25) is 0 Å². The molecular weight excluding hydrogens is 216 g/mol. The quantitative estimate of drug-likeness (QED) is 0.819. The van der Waals surface area contributed by atoms with Crippen LogP contribution in [0.3, 0.4) is 0 Å². The molecule has 0 heterocycles. The van der Waals surface area contributed by atoms with E-state index in [1.54, 1.807) is 24.3 Å². The summed E-state index contributed by atoms with van der Waals surface area (Å²) in [5, 5.41) is 2.75. The second-order valence-electron chi connectivity index (χ2n) is 3.91. The molecule has 0 aromatic heterocycles. The van der Waals surface area contributed by atoms with Gasteiger partial charge in [-0.2, -0.15) is 0 Å². The lowest BCUT2D eigenvalue weighted by molar-refractivity contribution is -0.120. The zero-order valence-electron chi connectivity index (χ0n) is 10.2. The fraction of sp³-hybridized carbons (Fsp3) is 0.385. The maximum Gasteiger partial charge on any atom is 0.250 e. The van der Waals surface area contributed by atoms with Gasteiger partial charge in [0.1, 0.15) is 0 Å². The number of para-hydroxylation sites is 1. The minimum atomic E-state index is -0.537. The molecule has 0 radical (unpaired) electrons. The average molecular weight is 234 g/mol. The van der Waals surface area contributed by atoms with Crippen molar-refractivity contribution >= 4 is 17.5 Å². The summed E-state index contributed by atoms with van der Waals surface area (Å²) in [5.41, 5.74) is 6.06. The first-order valence-electron chi connectivity index (χ1n) is 5.79. The Kier molecular flexibility index (Phi) is 4.69. The maximum absolute atomic E-state index is 11.9. The van der Waals surface area contributed by atoms with Crippen LogP contribution >= 0.6 is 0 Å². The van der Waals surface area contributed by atoms with Crippen LogP contribution in [0.1, 0.15) is 37.0 Å². The molecule has 1 rings (SSSR count). The molecule has 3 N–H and O–H groups in total. The second-order valence-corrected chi connectivity index (χ2v) is 3.91. The van der Waals surface area contributed by atoms with Crippen molar-refractivity contribution in [3.8, 4) is 0 Å². The van der Waals surface area contributed by atoms with Gasteiger partial charge in [0.25, 0.3) is 5.91 Å². The molecule has 2 amide bonds. The zero-order chi connectivity index (χ0) is 12.8. The number of hydrogen-bond donors (Lipinski definition) is 2. The molecule has 0 aliphatic rings. The molecule has 0 atom stereocenters. The smallest absolute Gasteiger partial charge is 0.250 e. The van der Waals surface area contributed by atoms with Gasteiger partial charge in [0.05, 0.1) is 11.3 Å². The lowest BCUT2D eigenvalue weighted by atomic mass is 10.0. The van der Waals surface area contributed by atoms with Gasteiger partial charge in [0.15, 0.2) is 0 Å². The largest absolute Gasteiger partial charge is 0.366 e. The number of hydrogen-bond acceptors (Lipinski definition) is 2. The Bertz CT molecular complexity index is 412. The van der Waals surface area contributed by atoms with E-state index in [1.165, 1.54) is 0 Å². The van der Waals surface area contributed by atoms with Gasteiger partial charge < -0.3 is 11.1 Å². The summed E-state index contributed by atoms with van der Waals surface area (Å²) in [5.74, 6) is -0.634. The number of rotatable bonds is 5. The summed E-state index contributed by atoms with van der Waals surface area (Å²) >= 11 is 0. The summed E-state index contributed by atoms with van der Waals surface area (Å²) in [7, 11) is 0. The molecule has 4 heteroatoms. The van der Waals surface area contributed by atoms with Gasteiger partial charge in [-0.1, -0.05) is 26.0 Å². The van der Waals surface area contributed by atoms with Crippen LogP contribution < -0.4 is 11.1 Å². The number of carbonyl (C=O) groups is 2. The fourth-order valence-electron chi connectivity index (χ4n) is 1.70. The van der Waals surface area contributed by atoms with Crippen molar-refractivity contribution in [3.63, 3.8) is 0 Å². The van der Waals surface area contributed by atoms with Crippen LogP contribution in [0.15, 0.2) is 24.3 Å². The molecule has 0 unspecified atom stereocenters. The van der Waals surface area contributed by atoms with E-state index in [-0.39, 0.29) is 11.8 Å². The molecule has 1 aromatic carbocycles. The van der Waals surface area contributed by atoms with E-state index in [9.17, 15) is 9.59 Å². The first-order chi connectivity index (χ1) is 8.10. The number of amides is 2.